The molecule has 1 amide bonds. The molecule has 0 unspecified atom stereocenters. The first-order chi connectivity index (χ1) is 17.9. The molecule has 2 aliphatic rings. The number of nitrogens with zero attached hydrogens (tertiary/aromatic N) is 3. The van der Waals surface area contributed by atoms with Gasteiger partial charge in [0.25, 0.3) is 0 Å². The van der Waals surface area contributed by atoms with Gasteiger partial charge in [-0.3, -0.25) is 4.79 Å². The highest BCUT2D eigenvalue weighted by Gasteiger charge is 2.20. The summed E-state index contributed by atoms with van der Waals surface area (Å²) in [6.45, 7) is 11.3. The number of amides is 1. The van der Waals surface area contributed by atoms with Crippen molar-refractivity contribution >= 4 is 23.1 Å². The van der Waals surface area contributed by atoms with E-state index in [2.05, 4.69) is 53.5 Å². The standard InChI is InChI=1S/C28H44N6O3/c1-6-8-21(7-2)28(30-22-11-17-37-18-12-22)32-27(20(3)26(29)35)31-23-9-10-24(25(19-23)36-5)34-15-13-33(4)14-16-34/h8-10,19,22,31H,6-7,11-18H2,1-5H3,(H2,29,35)(H,30,32)/b21-8+,27-20+. The third-order valence-corrected chi connectivity index (χ3v) is 6.93. The number of carbonyl (C=O) groups excluding carboxylic acids is 1. The average molecular weight is 513 g/mol. The molecule has 37 heavy (non-hydrogen) atoms. The Bertz CT molecular complexity index is 1010. The Labute approximate surface area is 221 Å². The number of ether oxygens (including phenoxy) is 2. The fourth-order valence-corrected chi connectivity index (χ4v) is 4.52. The molecular formula is C28H44N6O3. The van der Waals surface area contributed by atoms with Crippen molar-refractivity contribution in [3.8, 4) is 5.75 Å². The molecule has 0 aliphatic carbocycles. The van der Waals surface area contributed by atoms with Gasteiger partial charge >= 0.3 is 0 Å². The molecule has 0 saturated carbocycles. The Morgan fingerprint density at radius 3 is 2.51 bits per heavy atom. The van der Waals surface area contributed by atoms with Gasteiger partial charge in [-0.1, -0.05) is 19.9 Å². The molecule has 0 spiro atoms. The lowest BCUT2D eigenvalue weighted by Gasteiger charge is -2.34. The fourth-order valence-electron chi connectivity index (χ4n) is 4.52. The Morgan fingerprint density at radius 1 is 1.22 bits per heavy atom. The number of hydrogen-bond acceptors (Lipinski definition) is 7. The van der Waals surface area contributed by atoms with Crippen LogP contribution in [0.25, 0.3) is 0 Å². The maximum Gasteiger partial charge on any atom is 0.248 e. The van der Waals surface area contributed by atoms with E-state index < -0.39 is 5.91 Å². The summed E-state index contributed by atoms with van der Waals surface area (Å²) in [6, 6.07) is 6.26. The highest BCUT2D eigenvalue weighted by atomic mass is 16.5. The van der Waals surface area contributed by atoms with Gasteiger partial charge in [0.2, 0.25) is 5.91 Å². The van der Waals surface area contributed by atoms with Gasteiger partial charge in [-0.15, -0.1) is 0 Å². The van der Waals surface area contributed by atoms with Gasteiger partial charge in [0.15, 0.2) is 0 Å². The molecule has 4 N–H and O–H groups in total. The number of likely N-dealkylation sites (N-methyl/N-ethyl adjacent to an activating group) is 1. The molecule has 0 atom stereocenters. The summed E-state index contributed by atoms with van der Waals surface area (Å²) in [6.07, 6.45) is 5.71. The lowest BCUT2D eigenvalue weighted by molar-refractivity contribution is -0.114. The van der Waals surface area contributed by atoms with Crippen molar-refractivity contribution in [1.82, 2.24) is 10.2 Å². The average Bonchev–Trinajstić information content (AvgIpc) is 2.91. The molecule has 2 saturated heterocycles. The molecule has 9 nitrogen and oxygen atoms in total. The molecule has 204 valence electrons. The molecule has 2 fully saturated rings. The predicted molar refractivity (Wildman–Crippen MR) is 151 cm³/mol. The summed E-state index contributed by atoms with van der Waals surface area (Å²) >= 11 is 0. The third-order valence-electron chi connectivity index (χ3n) is 6.93. The van der Waals surface area contributed by atoms with Gasteiger partial charge in [0.05, 0.1) is 18.4 Å². The molecule has 0 bridgehead atoms. The molecule has 3 rings (SSSR count). The van der Waals surface area contributed by atoms with Gasteiger partial charge in [-0.2, -0.15) is 0 Å². The molecule has 1 aromatic carbocycles. The minimum atomic E-state index is -0.518. The largest absolute Gasteiger partial charge is 0.495 e. The van der Waals surface area contributed by atoms with Gasteiger partial charge in [0, 0.05) is 57.2 Å². The Morgan fingerprint density at radius 2 is 1.92 bits per heavy atom. The maximum absolute atomic E-state index is 12.2. The number of piperazine rings is 1. The van der Waals surface area contributed by atoms with Crippen LogP contribution in [-0.4, -0.2) is 76.2 Å². The summed E-state index contributed by atoms with van der Waals surface area (Å²) in [7, 11) is 3.82. The number of nitrogens with two attached hydrogens (primary N) is 1. The molecular weight excluding hydrogens is 468 g/mol. The minimum Gasteiger partial charge on any atom is -0.495 e. The van der Waals surface area contributed by atoms with Crippen molar-refractivity contribution in [2.45, 2.75) is 52.5 Å². The van der Waals surface area contributed by atoms with Crippen LogP contribution in [0.4, 0.5) is 11.4 Å². The SMILES string of the molecule is CC/C=C(CC)/C(=N\C(Nc1ccc(N2CCN(C)CC2)c(OC)c1)=C(/C)C(N)=O)NC1CCOCC1. The van der Waals surface area contributed by atoms with Crippen LogP contribution in [0.2, 0.25) is 0 Å². The fraction of sp³-hybridized carbons (Fsp3) is 0.571. The van der Waals surface area contributed by atoms with E-state index in [4.69, 9.17) is 20.2 Å². The summed E-state index contributed by atoms with van der Waals surface area (Å²) in [5, 5.41) is 6.97. The maximum atomic E-state index is 12.2. The third kappa shape index (κ3) is 7.97. The normalized spacial score (nSPS) is 18.9. The number of amidine groups is 1. The number of hydrogen-bond donors (Lipinski definition) is 3. The van der Waals surface area contributed by atoms with Crippen molar-refractivity contribution in [2.24, 2.45) is 10.7 Å². The second kappa shape index (κ2) is 14.0. The smallest absolute Gasteiger partial charge is 0.248 e. The van der Waals surface area contributed by atoms with Crippen LogP contribution in [0.1, 0.15) is 46.5 Å². The lowest BCUT2D eigenvalue weighted by Crippen LogP contribution is -2.44. The number of benzene rings is 1. The Kier molecular flexibility index (Phi) is 10.8. The highest BCUT2D eigenvalue weighted by molar-refractivity contribution is 6.00. The van der Waals surface area contributed by atoms with E-state index in [1.807, 2.05) is 12.1 Å². The quantitative estimate of drug-likeness (QED) is 0.250. The second-order valence-electron chi connectivity index (χ2n) is 9.62. The van der Waals surface area contributed by atoms with Crippen molar-refractivity contribution in [1.29, 1.82) is 0 Å². The van der Waals surface area contributed by atoms with Gasteiger partial charge in [0.1, 0.15) is 17.4 Å². The second-order valence-corrected chi connectivity index (χ2v) is 9.62. The zero-order valence-corrected chi connectivity index (χ0v) is 23.1. The number of allylic oxidation sites excluding steroid dienone is 1. The first kappa shape index (κ1) is 28.5. The van der Waals surface area contributed by atoms with E-state index in [0.29, 0.717) is 11.4 Å². The van der Waals surface area contributed by atoms with Crippen molar-refractivity contribution in [3.05, 3.63) is 41.2 Å². The number of aliphatic imine (C=N–C) groups is 1. The molecule has 1 aromatic rings. The number of methoxy groups -OCH3 is 1. The molecule has 0 radical (unpaired) electrons. The van der Waals surface area contributed by atoms with Crippen LogP contribution in [0, 0.1) is 0 Å². The van der Waals surface area contributed by atoms with E-state index in [1.54, 1.807) is 14.0 Å². The van der Waals surface area contributed by atoms with Crippen LogP contribution in [0.3, 0.4) is 0 Å². The van der Waals surface area contributed by atoms with Crippen molar-refractivity contribution < 1.29 is 14.3 Å². The van der Waals surface area contributed by atoms with Gasteiger partial charge < -0.3 is 35.6 Å². The Hall–Kier alpha value is -3.04. The summed E-state index contributed by atoms with van der Waals surface area (Å²) in [5.74, 6) is 1.44. The predicted octanol–water partition coefficient (Wildman–Crippen LogP) is 3.49. The number of nitrogens with one attached hydrogen (secondary N) is 2. The molecule has 2 heterocycles. The van der Waals surface area contributed by atoms with E-state index in [1.165, 1.54) is 0 Å². The molecule has 2 aliphatic heterocycles. The van der Waals surface area contributed by atoms with Crippen LogP contribution < -0.4 is 26.0 Å². The van der Waals surface area contributed by atoms with E-state index in [9.17, 15) is 4.79 Å². The van der Waals surface area contributed by atoms with Crippen molar-refractivity contribution in [3.63, 3.8) is 0 Å². The van der Waals surface area contributed by atoms with E-state index in [0.717, 1.165) is 93.6 Å². The first-order valence-electron chi connectivity index (χ1n) is 13.4. The first-order valence-corrected chi connectivity index (χ1v) is 13.4. The lowest BCUT2D eigenvalue weighted by atomic mass is 10.1. The van der Waals surface area contributed by atoms with E-state index >= 15 is 0 Å². The summed E-state index contributed by atoms with van der Waals surface area (Å²) < 4.78 is 11.3. The van der Waals surface area contributed by atoms with Crippen LogP contribution in [0.5, 0.6) is 5.75 Å². The van der Waals surface area contributed by atoms with Gasteiger partial charge in [-0.05, 0) is 57.4 Å². The van der Waals surface area contributed by atoms with E-state index in [-0.39, 0.29) is 6.04 Å². The number of primary amides is 1. The van der Waals surface area contributed by atoms with Crippen LogP contribution in [-0.2, 0) is 9.53 Å². The number of rotatable bonds is 10. The number of carbonyl (C=O) groups is 1. The monoisotopic (exact) mass is 512 g/mol. The molecule has 9 heteroatoms. The molecule has 0 aromatic heterocycles. The zero-order valence-electron chi connectivity index (χ0n) is 23.1. The topological polar surface area (TPSA) is 104 Å². The highest BCUT2D eigenvalue weighted by Crippen LogP contribution is 2.32. The van der Waals surface area contributed by atoms with Crippen molar-refractivity contribution in [2.75, 3.05) is 63.8 Å². The summed E-state index contributed by atoms with van der Waals surface area (Å²) in [4.78, 5) is 21.9. The van der Waals surface area contributed by atoms with Crippen LogP contribution in [0.15, 0.2) is 46.2 Å². The number of anilines is 2. The van der Waals surface area contributed by atoms with Crippen LogP contribution >= 0.6 is 0 Å². The minimum absolute atomic E-state index is 0.261. The van der Waals surface area contributed by atoms with Gasteiger partial charge in [-0.25, -0.2) is 4.99 Å². The Balaban J connectivity index is 1.94. The summed E-state index contributed by atoms with van der Waals surface area (Å²) in [5.41, 5.74) is 9.01. The zero-order chi connectivity index (χ0) is 26.8.